The molecule has 3 heterocycles. The molecule has 0 unspecified atom stereocenters. The summed E-state index contributed by atoms with van der Waals surface area (Å²) in [5.74, 6) is 0.277. The van der Waals surface area contributed by atoms with Gasteiger partial charge in [0.25, 0.3) is 0 Å². The van der Waals surface area contributed by atoms with E-state index in [4.69, 9.17) is 23.2 Å². The maximum Gasteiger partial charge on any atom is 0.425 e. The van der Waals surface area contributed by atoms with Crippen LogP contribution in [0.4, 0.5) is 13.2 Å². The first-order chi connectivity index (χ1) is 13.3. The summed E-state index contributed by atoms with van der Waals surface area (Å²) in [6.07, 6.45) is -2.59. The van der Waals surface area contributed by atoms with Crippen LogP contribution in [0.15, 0.2) is 48.7 Å². The Morgan fingerprint density at radius 3 is 2.46 bits per heavy atom. The van der Waals surface area contributed by atoms with Crippen LogP contribution in [0.25, 0.3) is 21.7 Å². The van der Waals surface area contributed by atoms with Crippen LogP contribution >= 0.6 is 34.5 Å². The van der Waals surface area contributed by atoms with Gasteiger partial charge >= 0.3 is 6.18 Å². The van der Waals surface area contributed by atoms with E-state index in [9.17, 15) is 13.2 Å². The number of thiophene rings is 1. The second kappa shape index (κ2) is 7.31. The van der Waals surface area contributed by atoms with E-state index < -0.39 is 11.1 Å². The molecule has 4 aromatic rings. The molecule has 0 atom stereocenters. The molecular formula is C19H10Cl2F3N3S. The molecule has 9 heteroatoms. The lowest BCUT2D eigenvalue weighted by Crippen LogP contribution is -2.01. The second-order valence-electron chi connectivity index (χ2n) is 5.96. The molecule has 0 aliphatic carbocycles. The van der Waals surface area contributed by atoms with E-state index in [1.165, 1.54) is 0 Å². The first-order valence-electron chi connectivity index (χ1n) is 8.04. The molecule has 0 amide bonds. The fourth-order valence-electron chi connectivity index (χ4n) is 2.71. The summed E-state index contributed by atoms with van der Waals surface area (Å²) in [6.45, 7) is 0. The van der Waals surface area contributed by atoms with Gasteiger partial charge in [-0.05, 0) is 35.9 Å². The van der Waals surface area contributed by atoms with Crippen molar-refractivity contribution in [3.8, 4) is 11.5 Å². The zero-order valence-electron chi connectivity index (χ0n) is 14.0. The summed E-state index contributed by atoms with van der Waals surface area (Å²) in [5, 5.41) is 1.14. The lowest BCUT2D eigenvalue weighted by atomic mass is 10.1. The number of alkyl halides is 3. The Labute approximate surface area is 171 Å². The molecule has 0 radical (unpaired) electrons. The summed E-state index contributed by atoms with van der Waals surface area (Å²) in [6, 6.07) is 11.4. The first kappa shape index (κ1) is 19.1. The Morgan fingerprint density at radius 1 is 0.964 bits per heavy atom. The van der Waals surface area contributed by atoms with Crippen molar-refractivity contribution in [2.45, 2.75) is 12.6 Å². The molecule has 0 N–H and O–H groups in total. The van der Waals surface area contributed by atoms with Gasteiger partial charge in [0.2, 0.25) is 0 Å². The number of pyridine rings is 1. The van der Waals surface area contributed by atoms with Crippen LogP contribution in [0.1, 0.15) is 16.1 Å². The maximum absolute atomic E-state index is 13.2. The third kappa shape index (κ3) is 3.83. The number of nitrogens with zero attached hydrogens (tertiary/aromatic N) is 3. The predicted octanol–water partition coefficient (Wildman–Crippen LogP) is 6.67. The van der Waals surface area contributed by atoms with Crippen LogP contribution in [0, 0.1) is 0 Å². The van der Waals surface area contributed by atoms with E-state index in [1.807, 2.05) is 0 Å². The summed E-state index contributed by atoms with van der Waals surface area (Å²) in [7, 11) is 0. The molecule has 1 aromatic carbocycles. The van der Waals surface area contributed by atoms with Crippen LogP contribution in [0.5, 0.6) is 0 Å². The Bertz CT molecular complexity index is 1160. The Hall–Kier alpha value is -2.22. The van der Waals surface area contributed by atoms with Crippen molar-refractivity contribution in [3.63, 3.8) is 0 Å². The van der Waals surface area contributed by atoms with Gasteiger partial charge < -0.3 is 0 Å². The lowest BCUT2D eigenvalue weighted by molar-refractivity contribution is -0.134. The molecule has 28 heavy (non-hydrogen) atoms. The molecule has 0 saturated heterocycles. The van der Waals surface area contributed by atoms with E-state index >= 15 is 0 Å². The van der Waals surface area contributed by atoms with E-state index in [0.717, 1.165) is 11.6 Å². The van der Waals surface area contributed by atoms with Gasteiger partial charge in [0.1, 0.15) is 15.4 Å². The van der Waals surface area contributed by atoms with Crippen molar-refractivity contribution < 1.29 is 13.2 Å². The zero-order valence-corrected chi connectivity index (χ0v) is 16.3. The highest BCUT2D eigenvalue weighted by molar-refractivity contribution is 7.18. The van der Waals surface area contributed by atoms with Crippen LogP contribution in [-0.2, 0) is 12.6 Å². The van der Waals surface area contributed by atoms with Gasteiger partial charge in [0.15, 0.2) is 5.82 Å². The van der Waals surface area contributed by atoms with Gasteiger partial charge in [0.05, 0.1) is 15.7 Å². The molecule has 4 rings (SSSR count). The smallest absolute Gasteiger partial charge is 0.253 e. The summed E-state index contributed by atoms with van der Waals surface area (Å²) >= 11 is 12.6. The second-order valence-corrected chi connectivity index (χ2v) is 7.81. The minimum absolute atomic E-state index is 0.262. The predicted molar refractivity (Wildman–Crippen MR) is 105 cm³/mol. The molecular weight excluding hydrogens is 430 g/mol. The van der Waals surface area contributed by atoms with Crippen molar-refractivity contribution in [1.29, 1.82) is 0 Å². The molecule has 3 aromatic heterocycles. The maximum atomic E-state index is 13.2. The zero-order chi connectivity index (χ0) is 19.9. The number of halogens is 5. The summed E-state index contributed by atoms with van der Waals surface area (Å²) < 4.78 is 39.7. The normalized spacial score (nSPS) is 11.9. The Balaban J connectivity index is 1.88. The highest BCUT2D eigenvalue weighted by Crippen LogP contribution is 2.39. The standard InChI is InChI=1S/C19H10Cl2F3N3S/c20-12-5-4-10(7-13(12)21)8-15-11-9-16(19(22,23)24)28-18(11)27-17(26-15)14-3-1-2-6-25-14/h1-7,9H,8H2. The Morgan fingerprint density at radius 2 is 1.79 bits per heavy atom. The molecule has 0 fully saturated rings. The van der Waals surface area contributed by atoms with Crippen molar-refractivity contribution in [2.24, 2.45) is 0 Å². The number of aromatic nitrogens is 3. The van der Waals surface area contributed by atoms with Crippen molar-refractivity contribution in [1.82, 2.24) is 15.0 Å². The fraction of sp³-hybridized carbons (Fsp3) is 0.105. The van der Waals surface area contributed by atoms with E-state index in [-0.39, 0.29) is 17.1 Å². The van der Waals surface area contributed by atoms with Crippen LogP contribution in [0.3, 0.4) is 0 Å². The van der Waals surface area contributed by atoms with Crippen LogP contribution in [0.2, 0.25) is 10.0 Å². The summed E-state index contributed by atoms with van der Waals surface area (Å²) in [4.78, 5) is 12.6. The van der Waals surface area contributed by atoms with E-state index in [1.54, 1.807) is 42.6 Å². The number of hydrogen-bond donors (Lipinski definition) is 0. The molecule has 0 spiro atoms. The van der Waals surface area contributed by atoms with Crippen molar-refractivity contribution in [3.05, 3.63) is 74.8 Å². The minimum atomic E-state index is -4.45. The fourth-order valence-corrected chi connectivity index (χ4v) is 3.95. The van der Waals surface area contributed by atoms with Crippen molar-refractivity contribution >= 4 is 44.8 Å². The minimum Gasteiger partial charge on any atom is -0.253 e. The van der Waals surface area contributed by atoms with Gasteiger partial charge in [-0.15, -0.1) is 11.3 Å². The Kier molecular flexibility index (Phi) is 4.99. The molecule has 142 valence electrons. The van der Waals surface area contributed by atoms with Gasteiger partial charge in [-0.1, -0.05) is 35.3 Å². The van der Waals surface area contributed by atoms with Gasteiger partial charge in [0, 0.05) is 18.0 Å². The van der Waals surface area contributed by atoms with E-state index in [2.05, 4.69) is 15.0 Å². The third-order valence-corrected chi connectivity index (χ3v) is 5.81. The largest absolute Gasteiger partial charge is 0.425 e. The van der Waals surface area contributed by atoms with Crippen LogP contribution in [-0.4, -0.2) is 15.0 Å². The highest BCUT2D eigenvalue weighted by Gasteiger charge is 2.33. The van der Waals surface area contributed by atoms with Crippen molar-refractivity contribution in [2.75, 3.05) is 0 Å². The van der Waals surface area contributed by atoms with Gasteiger partial charge in [-0.25, -0.2) is 9.97 Å². The number of hydrogen-bond acceptors (Lipinski definition) is 4. The van der Waals surface area contributed by atoms with Gasteiger partial charge in [-0.3, -0.25) is 4.98 Å². The topological polar surface area (TPSA) is 38.7 Å². The molecule has 3 nitrogen and oxygen atoms in total. The SMILES string of the molecule is FC(F)(F)c1cc2c(Cc3ccc(Cl)c(Cl)c3)nc(-c3ccccn3)nc2s1. The average Bonchev–Trinajstić information content (AvgIpc) is 3.10. The van der Waals surface area contributed by atoms with E-state index in [0.29, 0.717) is 38.2 Å². The quantitative estimate of drug-likeness (QED) is 0.357. The van der Waals surface area contributed by atoms with Gasteiger partial charge in [-0.2, -0.15) is 13.2 Å². The number of benzene rings is 1. The molecule has 0 aliphatic rings. The third-order valence-electron chi connectivity index (χ3n) is 4.00. The number of rotatable bonds is 3. The highest BCUT2D eigenvalue weighted by atomic mass is 35.5. The lowest BCUT2D eigenvalue weighted by Gasteiger charge is -2.07. The summed E-state index contributed by atoms with van der Waals surface area (Å²) in [5.41, 5.74) is 1.73. The number of fused-ring (bicyclic) bond motifs is 1. The molecule has 0 aliphatic heterocycles. The average molecular weight is 440 g/mol. The molecule has 0 saturated carbocycles. The first-order valence-corrected chi connectivity index (χ1v) is 9.61. The monoisotopic (exact) mass is 439 g/mol. The van der Waals surface area contributed by atoms with Crippen LogP contribution < -0.4 is 0 Å². The molecule has 0 bridgehead atoms.